The quantitative estimate of drug-likeness (QED) is 0.450. The van der Waals surface area contributed by atoms with Crippen LogP contribution in [0.2, 0.25) is 0 Å². The minimum Gasteiger partial charge on any atom is -0.459 e. The van der Waals surface area contributed by atoms with Gasteiger partial charge in [-0.2, -0.15) is 0 Å². The molecule has 0 fully saturated rings. The van der Waals surface area contributed by atoms with E-state index in [2.05, 4.69) is 39.5 Å². The summed E-state index contributed by atoms with van der Waals surface area (Å²) in [6.45, 7) is 12.7. The lowest BCUT2D eigenvalue weighted by Crippen LogP contribution is -2.34. The van der Waals surface area contributed by atoms with Gasteiger partial charge in [-0.1, -0.05) is 18.8 Å². The molecule has 0 aromatic rings. The van der Waals surface area contributed by atoms with Crippen LogP contribution in [0, 0.1) is 22.7 Å². The molecule has 0 aliphatic carbocycles. The molecule has 0 spiro atoms. The van der Waals surface area contributed by atoms with Gasteiger partial charge in [0.2, 0.25) is 5.75 Å². The molecule has 1 aliphatic heterocycles. The zero-order valence-corrected chi connectivity index (χ0v) is 13.9. The van der Waals surface area contributed by atoms with Gasteiger partial charge < -0.3 is 4.74 Å². The average molecular weight is 283 g/mol. The van der Waals surface area contributed by atoms with Gasteiger partial charge in [-0.25, -0.2) is 4.79 Å². The minimum absolute atomic E-state index is 0.00747. The van der Waals surface area contributed by atoms with Crippen LogP contribution in [0.1, 0.15) is 48.0 Å². The second-order valence-corrected chi connectivity index (χ2v) is 8.86. The fourth-order valence-corrected chi connectivity index (χ4v) is 4.99. The molecule has 0 amide bonds. The van der Waals surface area contributed by atoms with Gasteiger partial charge >= 0.3 is 5.97 Å². The van der Waals surface area contributed by atoms with Gasteiger partial charge in [-0.15, -0.1) is 0 Å². The molecule has 2 nitrogen and oxygen atoms in total. The highest BCUT2D eigenvalue weighted by Gasteiger charge is 2.38. The summed E-state index contributed by atoms with van der Waals surface area (Å²) in [5.41, 5.74) is 0.0149. The van der Waals surface area contributed by atoms with E-state index in [1.807, 2.05) is 13.8 Å². The molecule has 0 aromatic heterocycles. The summed E-state index contributed by atoms with van der Waals surface area (Å²) in [7, 11) is 0.0511. The van der Waals surface area contributed by atoms with Crippen LogP contribution < -0.4 is 0 Å². The molecule has 0 aromatic carbocycles. The molecular formula is C16H27O2S+. The third-order valence-corrected chi connectivity index (χ3v) is 6.00. The number of carbonyl (C=O) groups is 1. The van der Waals surface area contributed by atoms with E-state index in [0.717, 1.165) is 17.9 Å². The molecule has 0 saturated carbocycles. The van der Waals surface area contributed by atoms with Crippen LogP contribution in [-0.2, 0) is 20.4 Å². The molecule has 0 bridgehead atoms. The highest BCUT2D eigenvalue weighted by Crippen LogP contribution is 2.29. The third-order valence-electron chi connectivity index (χ3n) is 3.10. The summed E-state index contributed by atoms with van der Waals surface area (Å²) in [5.74, 6) is 9.23. The van der Waals surface area contributed by atoms with Crippen molar-refractivity contribution in [1.29, 1.82) is 0 Å². The Balaban J connectivity index is 2.66. The monoisotopic (exact) mass is 283 g/mol. The van der Waals surface area contributed by atoms with Gasteiger partial charge in [0.25, 0.3) is 0 Å². The predicted octanol–water partition coefficient (Wildman–Crippen LogP) is 3.02. The molecule has 0 N–H and O–H groups in total. The lowest BCUT2D eigenvalue weighted by Gasteiger charge is -2.19. The molecule has 1 aliphatic rings. The van der Waals surface area contributed by atoms with Crippen molar-refractivity contribution in [1.82, 2.24) is 0 Å². The molecule has 0 radical (unpaired) electrons. The Bertz CT molecular complexity index is 365. The van der Waals surface area contributed by atoms with E-state index >= 15 is 0 Å². The van der Waals surface area contributed by atoms with E-state index in [4.69, 9.17) is 4.74 Å². The zero-order valence-electron chi connectivity index (χ0n) is 13.1. The highest BCUT2D eigenvalue weighted by atomic mass is 32.2. The SMILES string of the molecule is CCC(C)OC(=O)C[S+]1CC(C)(C)C#CC(C)(C)C1. The summed E-state index contributed by atoms with van der Waals surface area (Å²) in [5, 5.41) is 0. The standard InChI is InChI=1S/C16H27O2S/c1-7-13(2)18-14(17)10-19-11-15(3,4)8-9-16(5,6)12-19/h13H,7,10-12H2,1-6H3/q+1. The van der Waals surface area contributed by atoms with Crippen molar-refractivity contribution in [2.45, 2.75) is 54.1 Å². The van der Waals surface area contributed by atoms with Crippen LogP contribution in [0.15, 0.2) is 0 Å². The number of hydrogen-bond acceptors (Lipinski definition) is 2. The lowest BCUT2D eigenvalue weighted by atomic mass is 9.92. The van der Waals surface area contributed by atoms with E-state index in [-0.39, 0.29) is 33.8 Å². The first kappa shape index (κ1) is 16.4. The van der Waals surface area contributed by atoms with Crippen LogP contribution in [-0.4, -0.2) is 29.3 Å². The smallest absolute Gasteiger partial charge is 0.356 e. The molecular weight excluding hydrogens is 256 g/mol. The van der Waals surface area contributed by atoms with E-state index in [1.165, 1.54) is 0 Å². The van der Waals surface area contributed by atoms with Crippen molar-refractivity contribution in [2.24, 2.45) is 10.8 Å². The van der Waals surface area contributed by atoms with E-state index in [0.29, 0.717) is 5.75 Å². The largest absolute Gasteiger partial charge is 0.459 e. The van der Waals surface area contributed by atoms with Gasteiger partial charge in [0.15, 0.2) is 0 Å². The topological polar surface area (TPSA) is 26.3 Å². The van der Waals surface area contributed by atoms with Crippen molar-refractivity contribution in [3.63, 3.8) is 0 Å². The zero-order chi connectivity index (χ0) is 14.7. The number of ether oxygens (including phenoxy) is 1. The number of hydrogen-bond donors (Lipinski definition) is 0. The summed E-state index contributed by atoms with van der Waals surface area (Å²) in [6, 6.07) is 0. The van der Waals surface area contributed by atoms with Crippen LogP contribution >= 0.6 is 0 Å². The van der Waals surface area contributed by atoms with Crippen molar-refractivity contribution in [3.8, 4) is 11.8 Å². The first-order valence-electron chi connectivity index (χ1n) is 7.01. The normalized spacial score (nSPS) is 22.8. The molecule has 108 valence electrons. The predicted molar refractivity (Wildman–Crippen MR) is 83.1 cm³/mol. The van der Waals surface area contributed by atoms with Gasteiger partial charge in [0, 0.05) is 10.9 Å². The van der Waals surface area contributed by atoms with E-state index in [9.17, 15) is 4.79 Å². The molecule has 1 atom stereocenters. The maximum Gasteiger partial charge on any atom is 0.356 e. The Morgan fingerprint density at radius 3 is 2.11 bits per heavy atom. The van der Waals surface area contributed by atoms with Gasteiger partial charge in [-0.05, 0) is 41.0 Å². The second kappa shape index (κ2) is 6.22. The minimum atomic E-state index is -0.0498. The van der Waals surface area contributed by atoms with Gasteiger partial charge in [-0.3, -0.25) is 0 Å². The van der Waals surface area contributed by atoms with Crippen molar-refractivity contribution < 1.29 is 9.53 Å². The van der Waals surface area contributed by atoms with Gasteiger partial charge in [0.1, 0.15) is 11.5 Å². The number of rotatable bonds is 4. The van der Waals surface area contributed by atoms with Crippen LogP contribution in [0.25, 0.3) is 0 Å². The Morgan fingerprint density at radius 1 is 1.21 bits per heavy atom. The van der Waals surface area contributed by atoms with Crippen molar-refractivity contribution >= 4 is 16.9 Å². The summed E-state index contributed by atoms with van der Waals surface area (Å²) < 4.78 is 5.41. The second-order valence-electron chi connectivity index (χ2n) is 6.77. The number of carbonyl (C=O) groups excluding carboxylic acids is 1. The first-order chi connectivity index (χ1) is 8.63. The van der Waals surface area contributed by atoms with Crippen LogP contribution in [0.3, 0.4) is 0 Å². The van der Waals surface area contributed by atoms with Crippen LogP contribution in [0.5, 0.6) is 0 Å². The number of esters is 1. The summed E-state index contributed by atoms with van der Waals surface area (Å²) >= 11 is 0. The van der Waals surface area contributed by atoms with E-state index < -0.39 is 0 Å². The molecule has 3 heteroatoms. The first-order valence-corrected chi connectivity index (χ1v) is 8.75. The van der Waals surface area contributed by atoms with Gasteiger partial charge in [0.05, 0.1) is 16.9 Å². The fourth-order valence-electron chi connectivity index (χ4n) is 2.09. The van der Waals surface area contributed by atoms with Crippen LogP contribution in [0.4, 0.5) is 0 Å². The van der Waals surface area contributed by atoms with E-state index in [1.54, 1.807) is 0 Å². The maximum absolute atomic E-state index is 12.0. The summed E-state index contributed by atoms with van der Waals surface area (Å²) in [6.07, 6.45) is 0.903. The Labute approximate surface area is 121 Å². The highest BCUT2D eigenvalue weighted by molar-refractivity contribution is 7.97. The fraction of sp³-hybridized carbons (Fsp3) is 0.812. The molecule has 0 saturated heterocycles. The Morgan fingerprint density at radius 2 is 1.68 bits per heavy atom. The summed E-state index contributed by atoms with van der Waals surface area (Å²) in [4.78, 5) is 12.0. The Hall–Kier alpha value is -0.620. The molecule has 19 heavy (non-hydrogen) atoms. The van der Waals surface area contributed by atoms with Crippen molar-refractivity contribution in [3.05, 3.63) is 0 Å². The molecule has 1 unspecified atom stereocenters. The Kier molecular flexibility index (Phi) is 5.38. The molecule has 1 rings (SSSR count). The lowest BCUT2D eigenvalue weighted by molar-refractivity contribution is -0.145. The third kappa shape index (κ3) is 5.91. The maximum atomic E-state index is 12.0. The average Bonchev–Trinajstić information content (AvgIpc) is 2.34. The van der Waals surface area contributed by atoms with Crippen molar-refractivity contribution in [2.75, 3.05) is 17.3 Å². The molecule has 1 heterocycles.